The van der Waals surface area contributed by atoms with Crippen molar-refractivity contribution in [1.82, 2.24) is 24.5 Å². The molecule has 1 unspecified atom stereocenters. The summed E-state index contributed by atoms with van der Waals surface area (Å²) >= 11 is 6.51. The van der Waals surface area contributed by atoms with Gasteiger partial charge in [0.2, 0.25) is 5.91 Å². The van der Waals surface area contributed by atoms with Crippen LogP contribution in [0.5, 0.6) is 0 Å². The molecule has 7 nitrogen and oxygen atoms in total. The average molecular weight is 462 g/mol. The van der Waals surface area contributed by atoms with Crippen molar-refractivity contribution in [2.75, 3.05) is 39.3 Å². The molecular weight excluding hydrogens is 433 g/mol. The quantitative estimate of drug-likeness (QED) is 0.701. The molecule has 2 aromatic rings. The number of hydrogen-bond donors (Lipinski definition) is 0. The van der Waals surface area contributed by atoms with E-state index in [1.807, 2.05) is 4.90 Å². The molecule has 2 aliphatic rings. The molecule has 3 heterocycles. The van der Waals surface area contributed by atoms with Crippen molar-refractivity contribution in [3.05, 3.63) is 46.5 Å². The van der Waals surface area contributed by atoms with Crippen LogP contribution in [0.15, 0.2) is 24.3 Å². The lowest BCUT2D eigenvalue weighted by atomic mass is 10.0. The predicted molar refractivity (Wildman–Crippen MR) is 121 cm³/mol. The number of halogens is 2. The Bertz CT molecular complexity index is 985. The van der Waals surface area contributed by atoms with Gasteiger partial charge in [-0.1, -0.05) is 11.6 Å². The number of aromatic nitrogens is 2. The van der Waals surface area contributed by atoms with Gasteiger partial charge in [0.1, 0.15) is 11.0 Å². The zero-order valence-electron chi connectivity index (χ0n) is 18.6. The summed E-state index contributed by atoms with van der Waals surface area (Å²) in [6.45, 7) is 7.44. The first-order valence-electron chi connectivity index (χ1n) is 11.2. The van der Waals surface area contributed by atoms with E-state index in [0.717, 1.165) is 19.4 Å². The molecule has 0 aliphatic carbocycles. The van der Waals surface area contributed by atoms with Crippen LogP contribution >= 0.6 is 11.6 Å². The number of aryl methyl sites for hydroxylation is 1. The molecule has 0 spiro atoms. The average Bonchev–Trinajstić information content (AvgIpc) is 3.08. The van der Waals surface area contributed by atoms with Crippen LogP contribution < -0.4 is 0 Å². The smallest absolute Gasteiger partial charge is 0.258 e. The first-order chi connectivity index (χ1) is 15.3. The number of rotatable bonds is 4. The summed E-state index contributed by atoms with van der Waals surface area (Å²) in [7, 11) is 0. The molecule has 32 heavy (non-hydrogen) atoms. The normalized spacial score (nSPS) is 19.9. The molecule has 0 radical (unpaired) electrons. The van der Waals surface area contributed by atoms with Crippen LogP contribution in [-0.4, -0.2) is 81.6 Å². The number of piperazine rings is 1. The summed E-state index contributed by atoms with van der Waals surface area (Å²) in [5.74, 6) is -0.343. The molecular formula is C23H29ClFN5O2. The van der Waals surface area contributed by atoms with Gasteiger partial charge in [-0.2, -0.15) is 5.10 Å². The van der Waals surface area contributed by atoms with Gasteiger partial charge in [0.05, 0.1) is 23.5 Å². The molecule has 4 rings (SSSR count). The van der Waals surface area contributed by atoms with Crippen molar-refractivity contribution in [2.45, 2.75) is 39.2 Å². The van der Waals surface area contributed by atoms with E-state index in [1.165, 1.54) is 23.2 Å². The lowest BCUT2D eigenvalue weighted by molar-refractivity contribution is -0.136. The van der Waals surface area contributed by atoms with E-state index in [4.69, 9.17) is 11.6 Å². The van der Waals surface area contributed by atoms with Gasteiger partial charge in [-0.15, -0.1) is 0 Å². The third-order valence-electron chi connectivity index (χ3n) is 6.43. The first-order valence-corrected chi connectivity index (χ1v) is 11.5. The highest BCUT2D eigenvalue weighted by Gasteiger charge is 2.30. The number of piperidine rings is 1. The van der Waals surface area contributed by atoms with Crippen LogP contribution in [0.4, 0.5) is 4.39 Å². The van der Waals surface area contributed by atoms with Gasteiger partial charge in [-0.05, 0) is 57.4 Å². The van der Waals surface area contributed by atoms with Crippen LogP contribution in [0.2, 0.25) is 5.15 Å². The molecule has 1 atom stereocenters. The Labute approximate surface area is 192 Å². The molecule has 2 fully saturated rings. The number of carbonyl (C=O) groups is 2. The molecule has 1 aromatic heterocycles. The zero-order valence-corrected chi connectivity index (χ0v) is 19.3. The van der Waals surface area contributed by atoms with Crippen LogP contribution in [0.1, 0.15) is 42.2 Å². The predicted octanol–water partition coefficient (Wildman–Crippen LogP) is 3.13. The standard InChI is InChI=1S/C23H29ClFN5O2/c1-16-5-3-4-10-29(16)20(31)15-27-11-13-28(14-12-27)23(32)21-17(2)26-30(22(21)24)19-8-6-18(25)7-9-19/h6-9,16H,3-5,10-15H2,1-2H3. The van der Waals surface area contributed by atoms with E-state index in [9.17, 15) is 14.0 Å². The van der Waals surface area contributed by atoms with Crippen LogP contribution in [-0.2, 0) is 4.79 Å². The SMILES string of the molecule is Cc1nn(-c2ccc(F)cc2)c(Cl)c1C(=O)N1CCN(CC(=O)N2CCCCC2C)CC1. The number of amides is 2. The van der Waals surface area contributed by atoms with Gasteiger partial charge in [0, 0.05) is 38.8 Å². The van der Waals surface area contributed by atoms with Crippen molar-refractivity contribution in [1.29, 1.82) is 0 Å². The minimum Gasteiger partial charge on any atom is -0.339 e. The third-order valence-corrected chi connectivity index (χ3v) is 6.78. The Morgan fingerprint density at radius 3 is 2.44 bits per heavy atom. The summed E-state index contributed by atoms with van der Waals surface area (Å²) < 4.78 is 14.7. The largest absolute Gasteiger partial charge is 0.339 e. The van der Waals surface area contributed by atoms with Gasteiger partial charge < -0.3 is 9.80 Å². The van der Waals surface area contributed by atoms with Gasteiger partial charge in [-0.25, -0.2) is 9.07 Å². The minimum absolute atomic E-state index is 0.170. The number of likely N-dealkylation sites (tertiary alicyclic amines) is 1. The highest BCUT2D eigenvalue weighted by Crippen LogP contribution is 2.25. The number of nitrogens with zero attached hydrogens (tertiary/aromatic N) is 5. The monoisotopic (exact) mass is 461 g/mol. The summed E-state index contributed by atoms with van der Waals surface area (Å²) in [5, 5.41) is 4.61. The number of benzene rings is 1. The zero-order chi connectivity index (χ0) is 22.8. The van der Waals surface area contributed by atoms with Gasteiger partial charge in [-0.3, -0.25) is 14.5 Å². The summed E-state index contributed by atoms with van der Waals surface area (Å²) in [6.07, 6.45) is 3.33. The van der Waals surface area contributed by atoms with Crippen LogP contribution in [0.3, 0.4) is 0 Å². The Hall–Kier alpha value is -2.45. The fourth-order valence-electron chi connectivity index (χ4n) is 4.51. The second-order valence-corrected chi connectivity index (χ2v) is 9.00. The maximum atomic E-state index is 13.2. The van der Waals surface area contributed by atoms with E-state index in [-0.39, 0.29) is 22.8 Å². The molecule has 2 aliphatic heterocycles. The number of hydrogen-bond acceptors (Lipinski definition) is 4. The molecule has 1 aromatic carbocycles. The van der Waals surface area contributed by atoms with Crippen LogP contribution in [0, 0.1) is 12.7 Å². The number of carbonyl (C=O) groups excluding carboxylic acids is 2. The lowest BCUT2D eigenvalue weighted by Crippen LogP contribution is -2.53. The summed E-state index contributed by atoms with van der Waals surface area (Å²) in [5.41, 5.74) is 1.48. The van der Waals surface area contributed by atoms with Crippen molar-refractivity contribution in [2.24, 2.45) is 0 Å². The topological polar surface area (TPSA) is 61.7 Å². The summed E-state index contributed by atoms with van der Waals surface area (Å²) in [4.78, 5) is 31.8. The molecule has 0 N–H and O–H groups in total. The van der Waals surface area contributed by atoms with E-state index in [2.05, 4.69) is 16.9 Å². The molecule has 2 amide bonds. The van der Waals surface area contributed by atoms with E-state index in [1.54, 1.807) is 24.0 Å². The second-order valence-electron chi connectivity index (χ2n) is 8.64. The van der Waals surface area contributed by atoms with E-state index in [0.29, 0.717) is 55.7 Å². The van der Waals surface area contributed by atoms with Crippen molar-refractivity contribution in [3.63, 3.8) is 0 Å². The van der Waals surface area contributed by atoms with E-state index < -0.39 is 0 Å². The fraction of sp³-hybridized carbons (Fsp3) is 0.522. The Kier molecular flexibility index (Phi) is 6.81. The lowest BCUT2D eigenvalue weighted by Gasteiger charge is -2.38. The minimum atomic E-state index is -0.351. The maximum Gasteiger partial charge on any atom is 0.258 e. The Balaban J connectivity index is 1.38. The van der Waals surface area contributed by atoms with E-state index >= 15 is 0 Å². The highest BCUT2D eigenvalue weighted by atomic mass is 35.5. The van der Waals surface area contributed by atoms with Crippen LogP contribution in [0.25, 0.3) is 5.69 Å². The van der Waals surface area contributed by atoms with Gasteiger partial charge >= 0.3 is 0 Å². The molecule has 0 saturated carbocycles. The fourth-order valence-corrected chi connectivity index (χ4v) is 4.87. The third kappa shape index (κ3) is 4.66. The second kappa shape index (κ2) is 9.58. The maximum absolute atomic E-state index is 13.2. The highest BCUT2D eigenvalue weighted by molar-refractivity contribution is 6.33. The van der Waals surface area contributed by atoms with Crippen molar-refractivity contribution in [3.8, 4) is 5.69 Å². The Morgan fingerprint density at radius 2 is 1.78 bits per heavy atom. The van der Waals surface area contributed by atoms with Crippen molar-refractivity contribution < 1.29 is 14.0 Å². The molecule has 2 saturated heterocycles. The molecule has 172 valence electrons. The van der Waals surface area contributed by atoms with Gasteiger partial charge in [0.25, 0.3) is 5.91 Å². The first kappa shape index (κ1) is 22.7. The Morgan fingerprint density at radius 1 is 1.09 bits per heavy atom. The molecule has 0 bridgehead atoms. The summed E-state index contributed by atoms with van der Waals surface area (Å²) in [6, 6.07) is 6.11. The van der Waals surface area contributed by atoms with Gasteiger partial charge in [0.15, 0.2) is 0 Å². The van der Waals surface area contributed by atoms with Crippen molar-refractivity contribution >= 4 is 23.4 Å². The molecule has 9 heteroatoms.